The maximum atomic E-state index is 13.1. The lowest BCUT2D eigenvalue weighted by Gasteiger charge is -2.24. The number of rotatable bonds is 12. The van der Waals surface area contributed by atoms with Gasteiger partial charge in [0, 0.05) is 13.3 Å². The number of carbonyl (C=O) groups excluding carboxylic acids is 5. The van der Waals surface area contributed by atoms with Crippen LogP contribution >= 0.6 is 0 Å². The van der Waals surface area contributed by atoms with Crippen LogP contribution in [0.1, 0.15) is 39.2 Å². The van der Waals surface area contributed by atoms with Gasteiger partial charge in [-0.3, -0.25) is 24.0 Å². The van der Waals surface area contributed by atoms with Gasteiger partial charge in [-0.2, -0.15) is 0 Å². The van der Waals surface area contributed by atoms with Gasteiger partial charge in [0.2, 0.25) is 29.5 Å². The van der Waals surface area contributed by atoms with Gasteiger partial charge in [-0.25, -0.2) is 4.39 Å². The summed E-state index contributed by atoms with van der Waals surface area (Å²) in [5.74, 6) is -4.10. The molecule has 0 aliphatic rings. The van der Waals surface area contributed by atoms with Crippen LogP contribution in [0.3, 0.4) is 0 Å². The smallest absolute Gasteiger partial charge is 0.243 e. The van der Waals surface area contributed by atoms with Crippen molar-refractivity contribution in [2.45, 2.75) is 58.2 Å². The normalized spacial score (nSPS) is 13.5. The van der Waals surface area contributed by atoms with Gasteiger partial charge in [0.05, 0.1) is 6.42 Å². The van der Waals surface area contributed by atoms with E-state index < -0.39 is 59.9 Å². The molecule has 1 aromatic rings. The van der Waals surface area contributed by atoms with Crippen molar-refractivity contribution in [3.63, 3.8) is 0 Å². The maximum absolute atomic E-state index is 13.1. The van der Waals surface area contributed by atoms with Crippen molar-refractivity contribution >= 4 is 29.5 Å². The van der Waals surface area contributed by atoms with Crippen LogP contribution in [0, 0.1) is 11.7 Å². The van der Waals surface area contributed by atoms with E-state index in [0.29, 0.717) is 12.0 Å². The summed E-state index contributed by atoms with van der Waals surface area (Å²) in [7, 11) is 0. The molecule has 1 rings (SSSR count). The molecule has 0 radical (unpaired) electrons. The van der Waals surface area contributed by atoms with Gasteiger partial charge in [0.15, 0.2) is 0 Å². The van der Waals surface area contributed by atoms with Crippen molar-refractivity contribution < 1.29 is 28.4 Å². The lowest BCUT2D eigenvalue weighted by molar-refractivity contribution is -0.134. The highest BCUT2D eigenvalue weighted by Gasteiger charge is 2.30. The summed E-state index contributed by atoms with van der Waals surface area (Å²) in [6.07, 6.45) is -0.265. The molecule has 7 N–H and O–H groups in total. The summed E-state index contributed by atoms with van der Waals surface area (Å²) in [5, 5.41) is 7.30. The quantitative estimate of drug-likeness (QED) is 0.281. The van der Waals surface area contributed by atoms with E-state index in [4.69, 9.17) is 11.5 Å². The molecule has 11 heteroatoms. The van der Waals surface area contributed by atoms with Crippen LogP contribution in [0.5, 0.6) is 0 Å². The summed E-state index contributed by atoms with van der Waals surface area (Å²) in [5.41, 5.74) is 11.1. The fourth-order valence-electron chi connectivity index (χ4n) is 2.98. The molecule has 0 heterocycles. The van der Waals surface area contributed by atoms with Crippen LogP contribution in [0.2, 0.25) is 0 Å². The molecular formula is C21H30FN5O5. The van der Waals surface area contributed by atoms with E-state index >= 15 is 0 Å². The monoisotopic (exact) mass is 451 g/mol. The minimum absolute atomic E-state index is 0.0273. The molecule has 0 saturated heterocycles. The van der Waals surface area contributed by atoms with Crippen molar-refractivity contribution in [2.24, 2.45) is 17.4 Å². The number of hydrogen-bond donors (Lipinski definition) is 5. The largest absolute Gasteiger partial charge is 0.370 e. The lowest BCUT2D eigenvalue weighted by Crippen LogP contribution is -2.57. The number of nitrogens with two attached hydrogens (primary N) is 2. The predicted octanol–water partition coefficient (Wildman–Crippen LogP) is -0.751. The van der Waals surface area contributed by atoms with Crippen LogP contribution in [-0.2, 0) is 30.4 Å². The molecule has 1 aromatic carbocycles. The highest BCUT2D eigenvalue weighted by Crippen LogP contribution is 2.08. The molecule has 0 spiro atoms. The Bertz CT molecular complexity index is 843. The van der Waals surface area contributed by atoms with Crippen molar-refractivity contribution in [2.75, 3.05) is 0 Å². The van der Waals surface area contributed by atoms with Crippen molar-refractivity contribution in [3.05, 3.63) is 35.6 Å². The first-order chi connectivity index (χ1) is 14.9. The molecule has 176 valence electrons. The molecule has 5 amide bonds. The number of carbonyl (C=O) groups is 5. The Balaban J connectivity index is 2.97. The van der Waals surface area contributed by atoms with Gasteiger partial charge in [0.25, 0.3) is 0 Å². The Hall–Kier alpha value is -3.50. The van der Waals surface area contributed by atoms with Crippen molar-refractivity contribution in [3.8, 4) is 0 Å². The molecule has 10 nitrogen and oxygen atoms in total. The second-order valence-electron chi connectivity index (χ2n) is 7.91. The third-order valence-corrected chi connectivity index (χ3v) is 4.45. The molecule has 3 atom stereocenters. The van der Waals surface area contributed by atoms with Crippen molar-refractivity contribution in [1.82, 2.24) is 16.0 Å². The lowest BCUT2D eigenvalue weighted by atomic mass is 10.0. The second-order valence-corrected chi connectivity index (χ2v) is 7.91. The summed E-state index contributed by atoms with van der Waals surface area (Å²) >= 11 is 0. The van der Waals surface area contributed by atoms with Crippen molar-refractivity contribution in [1.29, 1.82) is 0 Å². The standard InChI is InChI=1S/C21H30FN5O5/c1-11(2)8-16(25-12(3)28)20(31)27-17(10-18(23)29)21(32)26-15(19(24)30)9-13-4-6-14(22)7-5-13/h4-7,11,15-17H,8-10H2,1-3H3,(H2,23,29)(H2,24,30)(H,25,28)(H,26,32)(H,27,31)/t15-,16-,17-/m0/s1. The predicted molar refractivity (Wildman–Crippen MR) is 114 cm³/mol. The number of nitrogens with one attached hydrogen (secondary N) is 3. The minimum Gasteiger partial charge on any atom is -0.370 e. The van der Waals surface area contributed by atoms with E-state index in [1.807, 2.05) is 13.8 Å². The van der Waals surface area contributed by atoms with Crippen LogP contribution in [0.25, 0.3) is 0 Å². The van der Waals surface area contributed by atoms with E-state index in [9.17, 15) is 28.4 Å². The summed E-state index contributed by atoms with van der Waals surface area (Å²) in [6.45, 7) is 4.95. The molecule has 0 aliphatic heterocycles. The number of primary amides is 2. The van der Waals surface area contributed by atoms with E-state index in [1.54, 1.807) is 0 Å². The van der Waals surface area contributed by atoms with Gasteiger partial charge < -0.3 is 27.4 Å². The first-order valence-electron chi connectivity index (χ1n) is 10.1. The molecule has 32 heavy (non-hydrogen) atoms. The zero-order chi connectivity index (χ0) is 24.4. The summed E-state index contributed by atoms with van der Waals surface area (Å²) in [6, 6.07) is 1.76. The number of benzene rings is 1. The molecule has 0 aromatic heterocycles. The molecule has 0 aliphatic carbocycles. The van der Waals surface area contributed by atoms with Gasteiger partial charge >= 0.3 is 0 Å². The Kier molecular flexibility index (Phi) is 10.3. The zero-order valence-electron chi connectivity index (χ0n) is 18.3. The molecule has 0 unspecified atom stereocenters. The van der Waals surface area contributed by atoms with Gasteiger partial charge in [-0.05, 0) is 30.0 Å². The van der Waals surface area contributed by atoms with Crippen LogP contribution < -0.4 is 27.4 Å². The third-order valence-electron chi connectivity index (χ3n) is 4.45. The van der Waals surface area contributed by atoms with Gasteiger partial charge in [-0.15, -0.1) is 0 Å². The Morgan fingerprint density at radius 2 is 1.41 bits per heavy atom. The van der Waals surface area contributed by atoms with Crippen LogP contribution in [0.15, 0.2) is 24.3 Å². The van der Waals surface area contributed by atoms with E-state index in [0.717, 1.165) is 0 Å². The average Bonchev–Trinajstić information content (AvgIpc) is 2.66. The fourth-order valence-corrected chi connectivity index (χ4v) is 2.98. The highest BCUT2D eigenvalue weighted by atomic mass is 19.1. The van der Waals surface area contributed by atoms with Crippen LogP contribution in [-0.4, -0.2) is 47.7 Å². The first kappa shape index (κ1) is 26.5. The van der Waals surface area contributed by atoms with E-state index in [2.05, 4.69) is 16.0 Å². The number of amides is 5. The SMILES string of the molecule is CC(=O)N[C@@H](CC(C)C)C(=O)N[C@@H](CC(N)=O)C(=O)N[C@@H](Cc1ccc(F)cc1)C(N)=O. The minimum atomic E-state index is -1.39. The van der Waals surface area contributed by atoms with E-state index in [-0.39, 0.29) is 12.3 Å². The third kappa shape index (κ3) is 9.54. The van der Waals surface area contributed by atoms with Crippen LogP contribution in [0.4, 0.5) is 4.39 Å². The topological polar surface area (TPSA) is 173 Å². The Labute approximate surface area is 185 Å². The molecular weight excluding hydrogens is 421 g/mol. The molecule has 0 saturated carbocycles. The maximum Gasteiger partial charge on any atom is 0.243 e. The highest BCUT2D eigenvalue weighted by molar-refractivity contribution is 5.96. The second kappa shape index (κ2) is 12.4. The van der Waals surface area contributed by atoms with Gasteiger partial charge in [-0.1, -0.05) is 26.0 Å². The zero-order valence-corrected chi connectivity index (χ0v) is 18.3. The van der Waals surface area contributed by atoms with Gasteiger partial charge in [0.1, 0.15) is 23.9 Å². The van der Waals surface area contributed by atoms with E-state index in [1.165, 1.54) is 31.2 Å². The molecule has 0 bridgehead atoms. The number of hydrogen-bond acceptors (Lipinski definition) is 5. The first-order valence-corrected chi connectivity index (χ1v) is 10.1. The average molecular weight is 451 g/mol. The Morgan fingerprint density at radius 1 is 0.875 bits per heavy atom. The Morgan fingerprint density at radius 3 is 1.88 bits per heavy atom. The molecule has 0 fully saturated rings. The fraction of sp³-hybridized carbons (Fsp3) is 0.476. The summed E-state index contributed by atoms with van der Waals surface area (Å²) < 4.78 is 13.1. The summed E-state index contributed by atoms with van der Waals surface area (Å²) in [4.78, 5) is 60.1. The number of halogens is 1.